The molecule has 0 aromatic heterocycles. The number of carboxylic acids is 1. The highest BCUT2D eigenvalue weighted by molar-refractivity contribution is 5.96. The number of hydrogen-bond donors (Lipinski definition) is 2. The molecule has 1 aromatic carbocycles. The van der Waals surface area contributed by atoms with Gasteiger partial charge in [-0.25, -0.2) is 9.59 Å². The van der Waals surface area contributed by atoms with Crippen molar-refractivity contribution in [2.24, 2.45) is 0 Å². The van der Waals surface area contributed by atoms with Gasteiger partial charge in [-0.05, 0) is 18.4 Å². The van der Waals surface area contributed by atoms with E-state index in [0.29, 0.717) is 18.5 Å². The van der Waals surface area contributed by atoms with Crippen LogP contribution in [0.2, 0.25) is 0 Å². The van der Waals surface area contributed by atoms with E-state index in [2.05, 4.69) is 5.32 Å². The zero-order valence-corrected chi connectivity index (χ0v) is 11.6. The second-order valence-electron chi connectivity index (χ2n) is 4.99. The van der Waals surface area contributed by atoms with Gasteiger partial charge in [-0.15, -0.1) is 0 Å². The third kappa shape index (κ3) is 3.81. The fraction of sp³-hybridized carbons (Fsp3) is 0.400. The van der Waals surface area contributed by atoms with E-state index < -0.39 is 18.0 Å². The molecule has 1 aliphatic rings. The number of carbonyl (C=O) groups is 3. The molecular formula is C15H18N2O4. The number of imide groups is 1. The molecule has 1 saturated heterocycles. The Morgan fingerprint density at radius 1 is 1.14 bits per heavy atom. The summed E-state index contributed by atoms with van der Waals surface area (Å²) in [6.45, 7) is 0.339. The Morgan fingerprint density at radius 2 is 1.86 bits per heavy atom. The molecule has 1 fully saturated rings. The van der Waals surface area contributed by atoms with Crippen LogP contribution >= 0.6 is 0 Å². The first-order chi connectivity index (χ1) is 10.1. The van der Waals surface area contributed by atoms with Crippen molar-refractivity contribution in [1.29, 1.82) is 0 Å². The van der Waals surface area contributed by atoms with Crippen molar-refractivity contribution in [3.05, 3.63) is 35.9 Å². The van der Waals surface area contributed by atoms with E-state index in [1.807, 2.05) is 0 Å². The zero-order valence-electron chi connectivity index (χ0n) is 11.6. The van der Waals surface area contributed by atoms with Gasteiger partial charge in [0.1, 0.15) is 0 Å². The first-order valence-electron chi connectivity index (χ1n) is 6.98. The quantitative estimate of drug-likeness (QED) is 0.890. The molecule has 0 aliphatic carbocycles. The molecular weight excluding hydrogens is 272 g/mol. The van der Waals surface area contributed by atoms with Crippen molar-refractivity contribution in [3.63, 3.8) is 0 Å². The monoisotopic (exact) mass is 290 g/mol. The smallest absolute Gasteiger partial charge is 0.330 e. The summed E-state index contributed by atoms with van der Waals surface area (Å²) >= 11 is 0. The number of rotatable bonds is 3. The van der Waals surface area contributed by atoms with Gasteiger partial charge in [0.25, 0.3) is 0 Å². The van der Waals surface area contributed by atoms with Crippen molar-refractivity contribution in [3.8, 4) is 0 Å². The fourth-order valence-corrected chi connectivity index (χ4v) is 2.33. The summed E-state index contributed by atoms with van der Waals surface area (Å²) in [5.74, 6) is -1.40. The van der Waals surface area contributed by atoms with Crippen LogP contribution in [0.5, 0.6) is 0 Å². The molecule has 3 amide bonds. The number of carboxylic acid groups (broad SMARTS) is 1. The van der Waals surface area contributed by atoms with Crippen LogP contribution in [0, 0.1) is 0 Å². The van der Waals surface area contributed by atoms with Crippen molar-refractivity contribution < 1.29 is 19.5 Å². The fourth-order valence-electron chi connectivity index (χ4n) is 2.33. The van der Waals surface area contributed by atoms with Crippen molar-refractivity contribution >= 4 is 17.9 Å². The zero-order chi connectivity index (χ0) is 15.2. The Labute approximate surface area is 122 Å². The molecule has 21 heavy (non-hydrogen) atoms. The van der Waals surface area contributed by atoms with Gasteiger partial charge in [0.05, 0.1) is 0 Å². The SMILES string of the molecule is O=C(O)C(NC(=O)N1CCCCCC1=O)c1ccccc1. The number of hydrogen-bond acceptors (Lipinski definition) is 3. The van der Waals surface area contributed by atoms with E-state index in [0.717, 1.165) is 24.2 Å². The topological polar surface area (TPSA) is 86.7 Å². The van der Waals surface area contributed by atoms with E-state index in [1.165, 1.54) is 0 Å². The van der Waals surface area contributed by atoms with Gasteiger partial charge in [-0.1, -0.05) is 36.8 Å². The number of nitrogens with zero attached hydrogens (tertiary/aromatic N) is 1. The van der Waals surface area contributed by atoms with E-state index in [-0.39, 0.29) is 5.91 Å². The minimum atomic E-state index is -1.16. The first-order valence-corrected chi connectivity index (χ1v) is 6.98. The highest BCUT2D eigenvalue weighted by Crippen LogP contribution is 2.15. The lowest BCUT2D eigenvalue weighted by atomic mass is 10.1. The predicted octanol–water partition coefficient (Wildman–Crippen LogP) is 1.92. The number of likely N-dealkylation sites (tertiary alicyclic amines) is 1. The predicted molar refractivity (Wildman–Crippen MR) is 75.5 cm³/mol. The minimum absolute atomic E-state index is 0.248. The molecule has 1 aliphatic heterocycles. The maximum Gasteiger partial charge on any atom is 0.330 e. The molecule has 2 N–H and O–H groups in total. The number of carbonyl (C=O) groups excluding carboxylic acids is 2. The maximum absolute atomic E-state index is 12.2. The third-order valence-electron chi connectivity index (χ3n) is 3.47. The lowest BCUT2D eigenvalue weighted by Gasteiger charge is -2.22. The highest BCUT2D eigenvalue weighted by Gasteiger charge is 2.28. The lowest BCUT2D eigenvalue weighted by Crippen LogP contribution is -2.46. The first kappa shape index (κ1) is 15.0. The number of urea groups is 1. The van der Waals surface area contributed by atoms with Crippen LogP contribution in [-0.2, 0) is 9.59 Å². The molecule has 0 radical (unpaired) electrons. The summed E-state index contributed by atoms with van der Waals surface area (Å²) in [6, 6.07) is 6.63. The molecule has 6 nitrogen and oxygen atoms in total. The van der Waals surface area contributed by atoms with Crippen LogP contribution < -0.4 is 5.32 Å². The molecule has 1 heterocycles. The van der Waals surface area contributed by atoms with E-state index in [9.17, 15) is 19.5 Å². The van der Waals surface area contributed by atoms with Crippen molar-refractivity contribution in [1.82, 2.24) is 10.2 Å². The van der Waals surface area contributed by atoms with E-state index in [4.69, 9.17) is 0 Å². The maximum atomic E-state index is 12.2. The molecule has 112 valence electrons. The van der Waals surface area contributed by atoms with Crippen molar-refractivity contribution in [2.45, 2.75) is 31.7 Å². The minimum Gasteiger partial charge on any atom is -0.479 e. The Balaban J connectivity index is 2.11. The van der Waals surface area contributed by atoms with Crippen LogP contribution in [-0.4, -0.2) is 34.5 Å². The second kappa shape index (κ2) is 6.88. The van der Waals surface area contributed by atoms with Crippen LogP contribution in [0.3, 0.4) is 0 Å². The normalized spacial score (nSPS) is 17.0. The van der Waals surface area contributed by atoms with Gasteiger partial charge in [0.2, 0.25) is 5.91 Å². The molecule has 1 aromatic rings. The number of benzene rings is 1. The van der Waals surface area contributed by atoms with Crippen molar-refractivity contribution in [2.75, 3.05) is 6.54 Å². The van der Waals surface area contributed by atoms with E-state index in [1.54, 1.807) is 30.3 Å². The molecule has 0 bridgehead atoms. The standard InChI is InChI=1S/C15H18N2O4/c18-12-9-5-2-6-10-17(12)15(21)16-13(14(19)20)11-7-3-1-4-8-11/h1,3-4,7-8,13H,2,5-6,9-10H2,(H,16,21)(H,19,20). The van der Waals surface area contributed by atoms with Crippen LogP contribution in [0.25, 0.3) is 0 Å². The van der Waals surface area contributed by atoms with Gasteiger partial charge in [-0.2, -0.15) is 0 Å². The Kier molecular flexibility index (Phi) is 4.92. The third-order valence-corrected chi connectivity index (χ3v) is 3.47. The van der Waals surface area contributed by atoms with Gasteiger partial charge in [0.15, 0.2) is 6.04 Å². The Bertz CT molecular complexity index is 530. The average molecular weight is 290 g/mol. The molecule has 0 saturated carbocycles. The summed E-state index contributed by atoms with van der Waals surface area (Å²) in [5.41, 5.74) is 0.473. The summed E-state index contributed by atoms with van der Waals surface area (Å²) in [7, 11) is 0. The summed E-state index contributed by atoms with van der Waals surface area (Å²) in [6.07, 6.45) is 2.75. The van der Waals surface area contributed by atoms with Gasteiger partial charge in [0, 0.05) is 13.0 Å². The summed E-state index contributed by atoms with van der Waals surface area (Å²) < 4.78 is 0. The van der Waals surface area contributed by atoms with E-state index >= 15 is 0 Å². The highest BCUT2D eigenvalue weighted by atomic mass is 16.4. The Morgan fingerprint density at radius 3 is 2.52 bits per heavy atom. The lowest BCUT2D eigenvalue weighted by molar-refractivity contribution is -0.139. The molecule has 0 spiro atoms. The molecule has 2 rings (SSSR count). The summed E-state index contributed by atoms with van der Waals surface area (Å²) in [5, 5.41) is 11.7. The van der Waals surface area contributed by atoms with Gasteiger partial charge < -0.3 is 10.4 Å². The van der Waals surface area contributed by atoms with Crippen LogP contribution in [0.15, 0.2) is 30.3 Å². The summed E-state index contributed by atoms with van der Waals surface area (Å²) in [4.78, 5) is 36.5. The van der Waals surface area contributed by atoms with Crippen LogP contribution in [0.4, 0.5) is 4.79 Å². The second-order valence-corrected chi connectivity index (χ2v) is 4.99. The molecule has 1 unspecified atom stereocenters. The Hall–Kier alpha value is -2.37. The van der Waals surface area contributed by atoms with Gasteiger partial charge >= 0.3 is 12.0 Å². The molecule has 1 atom stereocenters. The number of amides is 3. The molecule has 6 heteroatoms. The van der Waals surface area contributed by atoms with Crippen LogP contribution in [0.1, 0.15) is 37.3 Å². The average Bonchev–Trinajstić information content (AvgIpc) is 2.69. The largest absolute Gasteiger partial charge is 0.479 e. The number of nitrogens with one attached hydrogen (secondary N) is 1. The van der Waals surface area contributed by atoms with Gasteiger partial charge in [-0.3, -0.25) is 9.69 Å². The number of aliphatic carboxylic acids is 1.